The third kappa shape index (κ3) is 2.80. The number of aliphatic carboxylic acids is 1. The smallest absolute Gasteiger partial charge is 0.324 e. The molecule has 5 N–H and O–H groups in total. The van der Waals surface area contributed by atoms with Crippen molar-refractivity contribution in [2.45, 2.75) is 12.5 Å². The molecule has 0 bridgehead atoms. The summed E-state index contributed by atoms with van der Waals surface area (Å²) in [5, 5.41) is 12.9. The molecule has 23 heavy (non-hydrogen) atoms. The van der Waals surface area contributed by atoms with Crippen molar-refractivity contribution in [2.24, 2.45) is 11.1 Å². The van der Waals surface area contributed by atoms with Crippen molar-refractivity contribution in [1.29, 1.82) is 0 Å². The fourth-order valence-corrected chi connectivity index (χ4v) is 2.71. The number of carbonyl (C=O) groups excluding carboxylic acids is 1. The Morgan fingerprint density at radius 3 is 2.78 bits per heavy atom. The summed E-state index contributed by atoms with van der Waals surface area (Å²) in [5.41, 5.74) is 6.73. The number of nitrogens with two attached hydrogens (primary N) is 1. The van der Waals surface area contributed by atoms with Gasteiger partial charge in [-0.3, -0.25) is 9.59 Å². The summed E-state index contributed by atoms with van der Waals surface area (Å²) in [7, 11) is 0. The van der Waals surface area contributed by atoms with Crippen LogP contribution in [0, 0.1) is 5.41 Å². The standard InChI is InChI=1S/C16H19N3O4/c17-11(5-10-6-18-13-4-2-1-3-12(10)13)7-19-14(20)16(15(21)22)8-23-9-16/h1-4,6,11,18H,5,7-9,17H2,(H,19,20)(H,21,22). The van der Waals surface area contributed by atoms with Gasteiger partial charge in [0.25, 0.3) is 0 Å². The quantitative estimate of drug-likeness (QED) is 0.570. The lowest BCUT2D eigenvalue weighted by atomic mass is 9.85. The maximum Gasteiger partial charge on any atom is 0.324 e. The Bertz CT molecular complexity index is 736. The first-order chi connectivity index (χ1) is 11.0. The molecule has 7 heteroatoms. The van der Waals surface area contributed by atoms with E-state index in [1.54, 1.807) is 0 Å². The minimum atomic E-state index is -1.46. The number of nitrogens with one attached hydrogen (secondary N) is 2. The van der Waals surface area contributed by atoms with Crippen LogP contribution in [0.25, 0.3) is 10.9 Å². The van der Waals surface area contributed by atoms with Crippen LogP contribution in [0.15, 0.2) is 30.5 Å². The molecule has 2 aromatic rings. The van der Waals surface area contributed by atoms with Crippen molar-refractivity contribution >= 4 is 22.8 Å². The lowest BCUT2D eigenvalue weighted by molar-refractivity contribution is -0.185. The first kappa shape index (κ1) is 15.5. The number of aromatic nitrogens is 1. The molecule has 1 amide bonds. The van der Waals surface area contributed by atoms with Gasteiger partial charge >= 0.3 is 5.97 Å². The largest absolute Gasteiger partial charge is 0.480 e. The van der Waals surface area contributed by atoms with E-state index in [0.29, 0.717) is 6.42 Å². The molecule has 2 heterocycles. The van der Waals surface area contributed by atoms with Crippen LogP contribution < -0.4 is 11.1 Å². The van der Waals surface area contributed by atoms with Gasteiger partial charge in [-0.15, -0.1) is 0 Å². The predicted octanol–water partition coefficient (Wildman–Crippen LogP) is 0.255. The Balaban J connectivity index is 1.58. The molecule has 1 saturated heterocycles. The number of amides is 1. The number of hydrogen-bond donors (Lipinski definition) is 4. The SMILES string of the molecule is NC(CNC(=O)C1(C(=O)O)COC1)Cc1c[nH]c2ccccc12. The van der Waals surface area contributed by atoms with Crippen molar-refractivity contribution in [3.05, 3.63) is 36.0 Å². The van der Waals surface area contributed by atoms with Gasteiger partial charge in [-0.05, 0) is 18.1 Å². The number of aromatic amines is 1. The second kappa shape index (κ2) is 6.02. The maximum absolute atomic E-state index is 12.1. The Kier molecular flexibility index (Phi) is 4.06. The van der Waals surface area contributed by atoms with E-state index in [-0.39, 0.29) is 25.8 Å². The van der Waals surface area contributed by atoms with Crippen LogP contribution >= 0.6 is 0 Å². The van der Waals surface area contributed by atoms with Crippen LogP contribution in [-0.4, -0.2) is 47.8 Å². The molecule has 7 nitrogen and oxygen atoms in total. The van der Waals surface area contributed by atoms with E-state index in [2.05, 4.69) is 10.3 Å². The summed E-state index contributed by atoms with van der Waals surface area (Å²) in [5.74, 6) is -1.70. The fraction of sp³-hybridized carbons (Fsp3) is 0.375. The van der Waals surface area contributed by atoms with Gasteiger partial charge in [0, 0.05) is 29.7 Å². The highest BCUT2D eigenvalue weighted by molar-refractivity contribution is 6.03. The summed E-state index contributed by atoms with van der Waals surface area (Å²) in [6.07, 6.45) is 2.49. The van der Waals surface area contributed by atoms with E-state index in [1.165, 1.54) is 0 Å². The third-order valence-corrected chi connectivity index (χ3v) is 4.22. The van der Waals surface area contributed by atoms with E-state index in [4.69, 9.17) is 15.6 Å². The number of benzene rings is 1. The molecule has 1 unspecified atom stereocenters. The predicted molar refractivity (Wildman–Crippen MR) is 83.9 cm³/mol. The Hall–Kier alpha value is -2.38. The average molecular weight is 317 g/mol. The van der Waals surface area contributed by atoms with E-state index in [0.717, 1.165) is 16.5 Å². The summed E-state index contributed by atoms with van der Waals surface area (Å²) >= 11 is 0. The second-order valence-corrected chi connectivity index (χ2v) is 5.91. The molecule has 0 spiro atoms. The first-order valence-electron chi connectivity index (χ1n) is 7.43. The zero-order valence-corrected chi connectivity index (χ0v) is 12.5. The molecule has 0 aliphatic carbocycles. The van der Waals surface area contributed by atoms with Gasteiger partial charge in [0.1, 0.15) is 0 Å². The lowest BCUT2D eigenvalue weighted by Gasteiger charge is -2.35. The Labute approximate surface area is 132 Å². The van der Waals surface area contributed by atoms with Crippen molar-refractivity contribution in [3.63, 3.8) is 0 Å². The van der Waals surface area contributed by atoms with Crippen LogP contribution in [-0.2, 0) is 20.7 Å². The summed E-state index contributed by atoms with van der Waals surface area (Å²) < 4.78 is 4.88. The zero-order valence-electron chi connectivity index (χ0n) is 12.5. The van der Waals surface area contributed by atoms with Crippen molar-refractivity contribution in [2.75, 3.05) is 19.8 Å². The molecule has 122 valence electrons. The highest BCUT2D eigenvalue weighted by atomic mass is 16.5. The van der Waals surface area contributed by atoms with E-state index < -0.39 is 17.3 Å². The molecular formula is C16H19N3O4. The Morgan fingerprint density at radius 1 is 1.39 bits per heavy atom. The van der Waals surface area contributed by atoms with Gasteiger partial charge in [0.05, 0.1) is 13.2 Å². The number of rotatable bonds is 6. The lowest BCUT2D eigenvalue weighted by Crippen LogP contribution is -2.60. The van der Waals surface area contributed by atoms with Gasteiger partial charge < -0.3 is 25.9 Å². The van der Waals surface area contributed by atoms with Crippen molar-refractivity contribution < 1.29 is 19.4 Å². The number of ether oxygens (including phenoxy) is 1. The highest BCUT2D eigenvalue weighted by Crippen LogP contribution is 2.28. The van der Waals surface area contributed by atoms with Crippen LogP contribution in [0.2, 0.25) is 0 Å². The molecule has 1 aliphatic heterocycles. The summed E-state index contributed by atoms with van der Waals surface area (Å²) in [4.78, 5) is 26.5. The first-order valence-corrected chi connectivity index (χ1v) is 7.43. The molecule has 1 atom stereocenters. The van der Waals surface area contributed by atoms with Crippen LogP contribution in [0.5, 0.6) is 0 Å². The van der Waals surface area contributed by atoms with Crippen LogP contribution in [0.1, 0.15) is 5.56 Å². The summed E-state index contributed by atoms with van der Waals surface area (Å²) in [6.45, 7) is 0.0328. The molecular weight excluding hydrogens is 298 g/mol. The second-order valence-electron chi connectivity index (χ2n) is 5.91. The molecule has 3 rings (SSSR count). The minimum absolute atomic E-state index is 0.0914. The number of H-pyrrole nitrogens is 1. The normalized spacial score (nSPS) is 17.4. The van der Waals surface area contributed by atoms with Gasteiger partial charge in [-0.2, -0.15) is 0 Å². The average Bonchev–Trinajstić information content (AvgIpc) is 2.87. The van der Waals surface area contributed by atoms with E-state index >= 15 is 0 Å². The molecule has 1 fully saturated rings. The number of hydrogen-bond acceptors (Lipinski definition) is 4. The van der Waals surface area contributed by atoms with Crippen molar-refractivity contribution in [1.82, 2.24) is 10.3 Å². The molecule has 1 aromatic carbocycles. The summed E-state index contributed by atoms with van der Waals surface area (Å²) in [6, 6.07) is 7.61. The van der Waals surface area contributed by atoms with E-state index in [1.807, 2.05) is 30.5 Å². The number of para-hydroxylation sites is 1. The topological polar surface area (TPSA) is 117 Å². The fourth-order valence-electron chi connectivity index (χ4n) is 2.71. The minimum Gasteiger partial charge on any atom is -0.480 e. The highest BCUT2D eigenvalue weighted by Gasteiger charge is 2.53. The third-order valence-electron chi connectivity index (χ3n) is 4.22. The zero-order chi connectivity index (χ0) is 16.4. The maximum atomic E-state index is 12.1. The van der Waals surface area contributed by atoms with Crippen LogP contribution in [0.3, 0.4) is 0 Å². The molecule has 1 aromatic heterocycles. The van der Waals surface area contributed by atoms with E-state index in [9.17, 15) is 9.59 Å². The molecule has 0 saturated carbocycles. The van der Waals surface area contributed by atoms with Crippen LogP contribution in [0.4, 0.5) is 0 Å². The van der Waals surface area contributed by atoms with Gasteiger partial charge in [-0.1, -0.05) is 18.2 Å². The monoisotopic (exact) mass is 317 g/mol. The van der Waals surface area contributed by atoms with Gasteiger partial charge in [0.2, 0.25) is 5.91 Å². The number of carboxylic acid groups (broad SMARTS) is 1. The Morgan fingerprint density at radius 2 is 2.13 bits per heavy atom. The van der Waals surface area contributed by atoms with Crippen molar-refractivity contribution in [3.8, 4) is 0 Å². The number of carboxylic acids is 1. The van der Waals surface area contributed by atoms with Gasteiger partial charge in [0.15, 0.2) is 5.41 Å². The molecule has 0 radical (unpaired) electrons. The van der Waals surface area contributed by atoms with Gasteiger partial charge in [-0.25, -0.2) is 0 Å². The number of fused-ring (bicyclic) bond motifs is 1. The molecule has 1 aliphatic rings. The number of carbonyl (C=O) groups is 2.